The highest BCUT2D eigenvalue weighted by molar-refractivity contribution is 8.00. The topological polar surface area (TPSA) is 121 Å². The number of hydrogen-bond acceptors (Lipinski definition) is 7. The number of nitrogen functional groups attached to an aromatic ring is 1. The molecular weight excluding hydrogens is 242 g/mol. The molecule has 0 bridgehead atoms. The summed E-state index contributed by atoms with van der Waals surface area (Å²) in [6.07, 6.45) is 1.76. The lowest BCUT2D eigenvalue weighted by Crippen LogP contribution is -2.33. The molecule has 0 aliphatic heterocycles. The molecule has 17 heavy (non-hydrogen) atoms. The van der Waals surface area contributed by atoms with Gasteiger partial charge >= 0.3 is 0 Å². The first-order valence-electron chi connectivity index (χ1n) is 4.95. The molecule has 8 heteroatoms. The first-order chi connectivity index (χ1) is 8.11. The van der Waals surface area contributed by atoms with Gasteiger partial charge in [-0.3, -0.25) is 0 Å². The predicted octanol–water partition coefficient (Wildman–Crippen LogP) is -0.444. The highest BCUT2D eigenvalue weighted by atomic mass is 32.2. The predicted molar refractivity (Wildman–Crippen MR) is 61.0 cm³/mol. The van der Waals surface area contributed by atoms with Crippen molar-refractivity contribution in [1.29, 1.82) is 0 Å². The van der Waals surface area contributed by atoms with Crippen LogP contribution in [0.2, 0.25) is 0 Å². The molecule has 0 fully saturated rings. The van der Waals surface area contributed by atoms with Gasteiger partial charge in [0.2, 0.25) is 0 Å². The second-order valence-corrected chi connectivity index (χ2v) is 4.52. The number of H-pyrrole nitrogens is 1. The molecule has 0 aliphatic rings. The average Bonchev–Trinajstić information content (AvgIpc) is 2.69. The molecule has 1 atom stereocenters. The van der Waals surface area contributed by atoms with Crippen molar-refractivity contribution in [3.63, 3.8) is 0 Å². The summed E-state index contributed by atoms with van der Waals surface area (Å²) >= 11 is 1.08. The van der Waals surface area contributed by atoms with Gasteiger partial charge in [-0.15, -0.1) is 0 Å². The maximum absolute atomic E-state index is 10.8. The molecule has 0 radical (unpaired) electrons. The minimum atomic E-state index is -1.11. The largest absolute Gasteiger partial charge is 0.549 e. The number of carbonyl (C=O) groups is 1. The van der Waals surface area contributed by atoms with Gasteiger partial charge in [-0.05, 0) is 6.42 Å². The number of nitrogens with zero attached hydrogens (tertiary/aromatic N) is 3. The SMILES string of the molecule is CCC(Sc1nc2ncnc(N)c2[nH]1)C(=O)[O-]. The average molecular weight is 252 g/mol. The van der Waals surface area contributed by atoms with Crippen molar-refractivity contribution in [1.82, 2.24) is 19.9 Å². The summed E-state index contributed by atoms with van der Waals surface area (Å²) in [6.45, 7) is 1.77. The van der Waals surface area contributed by atoms with Crippen LogP contribution in [0.3, 0.4) is 0 Å². The molecule has 1 unspecified atom stereocenters. The van der Waals surface area contributed by atoms with Crippen LogP contribution in [-0.2, 0) is 4.79 Å². The summed E-state index contributed by atoms with van der Waals surface area (Å²) in [6, 6.07) is 0. The first kappa shape index (κ1) is 11.6. The Hall–Kier alpha value is -1.83. The number of rotatable bonds is 4. The summed E-state index contributed by atoms with van der Waals surface area (Å²) < 4.78 is 0. The van der Waals surface area contributed by atoms with E-state index in [9.17, 15) is 9.90 Å². The fraction of sp³-hybridized carbons (Fsp3) is 0.333. The van der Waals surface area contributed by atoms with Crippen LogP contribution in [0.15, 0.2) is 11.5 Å². The third-order valence-electron chi connectivity index (χ3n) is 2.18. The number of carbonyl (C=O) groups excluding carboxylic acids is 1. The Morgan fingerprint density at radius 2 is 2.41 bits per heavy atom. The second-order valence-electron chi connectivity index (χ2n) is 3.33. The first-order valence-corrected chi connectivity index (χ1v) is 5.83. The molecular formula is C9H10N5O2S-. The molecule has 0 spiro atoms. The summed E-state index contributed by atoms with van der Waals surface area (Å²) in [5, 5.41) is 10.6. The third kappa shape index (κ3) is 2.31. The second kappa shape index (κ2) is 4.58. The van der Waals surface area contributed by atoms with Crippen molar-refractivity contribution in [2.45, 2.75) is 23.8 Å². The number of anilines is 1. The molecule has 2 aromatic heterocycles. The van der Waals surface area contributed by atoms with E-state index in [1.807, 2.05) is 0 Å². The van der Waals surface area contributed by atoms with E-state index in [0.717, 1.165) is 11.8 Å². The molecule has 0 saturated heterocycles. The lowest BCUT2D eigenvalue weighted by atomic mass is 10.3. The minimum absolute atomic E-state index is 0.288. The number of carboxylic acids is 1. The lowest BCUT2D eigenvalue weighted by Gasteiger charge is -2.12. The van der Waals surface area contributed by atoms with Gasteiger partial charge < -0.3 is 20.6 Å². The van der Waals surface area contributed by atoms with E-state index < -0.39 is 11.2 Å². The smallest absolute Gasteiger partial charge is 0.183 e. The molecule has 2 heterocycles. The zero-order chi connectivity index (χ0) is 12.4. The minimum Gasteiger partial charge on any atom is -0.549 e. The van der Waals surface area contributed by atoms with E-state index in [1.165, 1.54) is 6.33 Å². The van der Waals surface area contributed by atoms with Gasteiger partial charge in [-0.2, -0.15) is 0 Å². The number of hydrogen-bond donors (Lipinski definition) is 2. The Morgan fingerprint density at radius 3 is 3.00 bits per heavy atom. The number of aliphatic carboxylic acids is 1. The van der Waals surface area contributed by atoms with Gasteiger partial charge in [0.25, 0.3) is 0 Å². The molecule has 0 aliphatic carbocycles. The van der Waals surface area contributed by atoms with E-state index in [0.29, 0.717) is 22.7 Å². The number of fused-ring (bicyclic) bond motifs is 1. The molecule has 90 valence electrons. The number of nitrogens with two attached hydrogens (primary N) is 1. The van der Waals surface area contributed by atoms with Crippen molar-refractivity contribution >= 4 is 34.7 Å². The highest BCUT2D eigenvalue weighted by Gasteiger charge is 2.14. The number of thioether (sulfide) groups is 1. The van der Waals surface area contributed by atoms with Gasteiger partial charge in [-0.1, -0.05) is 18.7 Å². The van der Waals surface area contributed by atoms with Gasteiger partial charge in [0, 0.05) is 0 Å². The number of imidazole rings is 1. The molecule has 3 N–H and O–H groups in total. The van der Waals surface area contributed by atoms with Gasteiger partial charge in [0.15, 0.2) is 16.6 Å². The maximum atomic E-state index is 10.8. The zero-order valence-electron chi connectivity index (χ0n) is 9.01. The standard InChI is InChI=1S/C9H11N5O2S/c1-2-4(8(15)16)17-9-13-5-6(10)11-3-12-7(5)14-9/h3-4H,2H2,1H3,(H,15,16)(H3,10,11,12,13,14)/p-1. The summed E-state index contributed by atoms with van der Waals surface area (Å²) in [5.74, 6) is -0.826. The van der Waals surface area contributed by atoms with Crippen molar-refractivity contribution in [2.75, 3.05) is 5.73 Å². The number of carboxylic acid groups (broad SMARTS) is 1. The van der Waals surface area contributed by atoms with Gasteiger partial charge in [0.05, 0.1) is 11.2 Å². The quantitative estimate of drug-likeness (QED) is 0.707. The zero-order valence-corrected chi connectivity index (χ0v) is 9.82. The van der Waals surface area contributed by atoms with Crippen LogP contribution in [-0.4, -0.2) is 31.2 Å². The molecule has 0 amide bonds. The van der Waals surface area contributed by atoms with Crippen LogP contribution < -0.4 is 10.8 Å². The van der Waals surface area contributed by atoms with Crippen molar-refractivity contribution in [2.24, 2.45) is 0 Å². The van der Waals surface area contributed by atoms with Crippen LogP contribution >= 0.6 is 11.8 Å². The monoisotopic (exact) mass is 252 g/mol. The lowest BCUT2D eigenvalue weighted by molar-refractivity contribution is -0.304. The fourth-order valence-electron chi connectivity index (χ4n) is 1.31. The molecule has 2 rings (SSSR count). The summed E-state index contributed by atoms with van der Waals surface area (Å²) in [7, 11) is 0. The van der Waals surface area contributed by atoms with E-state index in [1.54, 1.807) is 6.92 Å². The molecule has 2 aromatic rings. The van der Waals surface area contributed by atoms with Crippen LogP contribution in [0.4, 0.5) is 5.82 Å². The molecule has 0 saturated carbocycles. The van der Waals surface area contributed by atoms with Gasteiger partial charge in [0.1, 0.15) is 11.8 Å². The summed E-state index contributed by atoms with van der Waals surface area (Å²) in [4.78, 5) is 25.6. The molecule has 0 aromatic carbocycles. The normalized spacial score (nSPS) is 12.8. The Kier molecular flexibility index (Phi) is 3.14. The van der Waals surface area contributed by atoms with Crippen molar-refractivity contribution in [3.8, 4) is 0 Å². The Morgan fingerprint density at radius 1 is 1.65 bits per heavy atom. The van der Waals surface area contributed by atoms with E-state index in [4.69, 9.17) is 5.73 Å². The Labute approximate surface area is 101 Å². The van der Waals surface area contributed by atoms with E-state index in [2.05, 4.69) is 19.9 Å². The highest BCUT2D eigenvalue weighted by Crippen LogP contribution is 2.25. The molecule has 7 nitrogen and oxygen atoms in total. The van der Waals surface area contributed by atoms with Crippen LogP contribution in [0.25, 0.3) is 11.2 Å². The Bertz CT molecular complexity index is 555. The fourth-order valence-corrected chi connectivity index (χ4v) is 2.15. The number of aromatic amines is 1. The van der Waals surface area contributed by atoms with E-state index >= 15 is 0 Å². The van der Waals surface area contributed by atoms with Crippen LogP contribution in [0.1, 0.15) is 13.3 Å². The maximum Gasteiger partial charge on any atom is 0.183 e. The summed E-state index contributed by atoms with van der Waals surface area (Å²) in [5.41, 5.74) is 6.57. The number of aromatic nitrogens is 4. The van der Waals surface area contributed by atoms with Crippen LogP contribution in [0, 0.1) is 0 Å². The van der Waals surface area contributed by atoms with E-state index in [-0.39, 0.29) is 5.82 Å². The number of nitrogens with one attached hydrogen (secondary N) is 1. The van der Waals surface area contributed by atoms with Crippen molar-refractivity contribution in [3.05, 3.63) is 6.33 Å². The van der Waals surface area contributed by atoms with Crippen molar-refractivity contribution < 1.29 is 9.90 Å². The Balaban J connectivity index is 2.31. The van der Waals surface area contributed by atoms with Crippen LogP contribution in [0.5, 0.6) is 0 Å². The third-order valence-corrected chi connectivity index (χ3v) is 3.41. The van der Waals surface area contributed by atoms with Gasteiger partial charge in [-0.25, -0.2) is 15.0 Å².